The van der Waals surface area contributed by atoms with Crippen LogP contribution in [-0.2, 0) is 11.2 Å². The molecular weight excluding hydrogens is 331 g/mol. The number of anilines is 2. The first-order valence-corrected chi connectivity index (χ1v) is 8.74. The maximum atomic E-state index is 13.5. The molecule has 2 heterocycles. The predicted octanol–water partition coefficient (Wildman–Crippen LogP) is 3.55. The van der Waals surface area contributed by atoms with Crippen molar-refractivity contribution in [2.24, 2.45) is 0 Å². The SMILES string of the molecule is O=C1CCCN1c1ccc(CCNc2ncnc3ccc(F)cc23)cc1. The summed E-state index contributed by atoms with van der Waals surface area (Å²) in [5.41, 5.74) is 2.84. The highest BCUT2D eigenvalue weighted by molar-refractivity contribution is 5.95. The van der Waals surface area contributed by atoms with Gasteiger partial charge < -0.3 is 10.2 Å². The summed E-state index contributed by atoms with van der Waals surface area (Å²) in [5, 5.41) is 3.93. The lowest BCUT2D eigenvalue weighted by molar-refractivity contribution is -0.117. The minimum absolute atomic E-state index is 0.197. The molecule has 3 aromatic rings. The van der Waals surface area contributed by atoms with Gasteiger partial charge in [0.05, 0.1) is 5.52 Å². The maximum absolute atomic E-state index is 13.5. The van der Waals surface area contributed by atoms with E-state index in [0.29, 0.717) is 29.7 Å². The number of amides is 1. The normalized spacial score (nSPS) is 14.2. The highest BCUT2D eigenvalue weighted by Gasteiger charge is 2.21. The fourth-order valence-electron chi connectivity index (χ4n) is 3.26. The second-order valence-corrected chi connectivity index (χ2v) is 6.38. The van der Waals surface area contributed by atoms with Crippen LogP contribution in [0.1, 0.15) is 18.4 Å². The van der Waals surface area contributed by atoms with E-state index >= 15 is 0 Å². The molecule has 0 atom stereocenters. The highest BCUT2D eigenvalue weighted by Crippen LogP contribution is 2.22. The van der Waals surface area contributed by atoms with Gasteiger partial charge in [0.1, 0.15) is 18.0 Å². The van der Waals surface area contributed by atoms with Crippen LogP contribution in [0.25, 0.3) is 10.9 Å². The molecule has 1 N–H and O–H groups in total. The van der Waals surface area contributed by atoms with E-state index in [9.17, 15) is 9.18 Å². The second-order valence-electron chi connectivity index (χ2n) is 6.38. The Morgan fingerprint density at radius 3 is 2.73 bits per heavy atom. The van der Waals surface area contributed by atoms with Crippen molar-refractivity contribution in [1.82, 2.24) is 9.97 Å². The molecule has 26 heavy (non-hydrogen) atoms. The summed E-state index contributed by atoms with van der Waals surface area (Å²) < 4.78 is 13.5. The van der Waals surface area contributed by atoms with E-state index in [2.05, 4.69) is 15.3 Å². The van der Waals surface area contributed by atoms with Gasteiger partial charge in [-0.05, 0) is 48.7 Å². The van der Waals surface area contributed by atoms with Gasteiger partial charge in [-0.2, -0.15) is 0 Å². The molecule has 0 aliphatic carbocycles. The lowest BCUT2D eigenvalue weighted by Gasteiger charge is -2.16. The molecule has 0 bridgehead atoms. The number of nitrogens with one attached hydrogen (secondary N) is 1. The number of hydrogen-bond acceptors (Lipinski definition) is 4. The number of rotatable bonds is 5. The Bertz CT molecular complexity index is 942. The molecule has 4 rings (SSSR count). The molecule has 6 heteroatoms. The van der Waals surface area contributed by atoms with E-state index in [1.807, 2.05) is 29.2 Å². The molecule has 1 aliphatic heterocycles. The molecule has 0 unspecified atom stereocenters. The van der Waals surface area contributed by atoms with Crippen molar-refractivity contribution >= 4 is 28.3 Å². The van der Waals surface area contributed by atoms with E-state index in [1.165, 1.54) is 18.5 Å². The number of carbonyl (C=O) groups excluding carboxylic acids is 1. The Hall–Kier alpha value is -3.02. The van der Waals surface area contributed by atoms with Gasteiger partial charge in [0.25, 0.3) is 0 Å². The average Bonchev–Trinajstić information content (AvgIpc) is 3.08. The quantitative estimate of drug-likeness (QED) is 0.764. The summed E-state index contributed by atoms with van der Waals surface area (Å²) in [7, 11) is 0. The fourth-order valence-corrected chi connectivity index (χ4v) is 3.26. The van der Waals surface area contributed by atoms with Gasteiger partial charge in [0, 0.05) is 30.6 Å². The molecule has 2 aromatic carbocycles. The molecule has 132 valence electrons. The van der Waals surface area contributed by atoms with Crippen LogP contribution in [0.15, 0.2) is 48.8 Å². The molecule has 0 saturated carbocycles. The van der Waals surface area contributed by atoms with E-state index in [1.54, 1.807) is 6.07 Å². The smallest absolute Gasteiger partial charge is 0.227 e. The number of aromatic nitrogens is 2. The predicted molar refractivity (Wildman–Crippen MR) is 99.7 cm³/mol. The monoisotopic (exact) mass is 350 g/mol. The summed E-state index contributed by atoms with van der Waals surface area (Å²) in [6.45, 7) is 1.47. The van der Waals surface area contributed by atoms with Crippen molar-refractivity contribution in [3.05, 3.63) is 60.2 Å². The first kappa shape index (κ1) is 16.4. The van der Waals surface area contributed by atoms with Crippen molar-refractivity contribution < 1.29 is 9.18 Å². The first-order valence-electron chi connectivity index (χ1n) is 8.74. The van der Waals surface area contributed by atoms with E-state index in [0.717, 1.165) is 30.6 Å². The number of hydrogen-bond donors (Lipinski definition) is 1. The summed E-state index contributed by atoms with van der Waals surface area (Å²) in [5.74, 6) is 0.526. The lowest BCUT2D eigenvalue weighted by Crippen LogP contribution is -2.23. The zero-order chi connectivity index (χ0) is 17.9. The Labute approximate surface area is 150 Å². The summed E-state index contributed by atoms with van der Waals surface area (Å²) in [4.78, 5) is 22.0. The minimum Gasteiger partial charge on any atom is -0.369 e. The average molecular weight is 350 g/mol. The lowest BCUT2D eigenvalue weighted by atomic mass is 10.1. The highest BCUT2D eigenvalue weighted by atomic mass is 19.1. The van der Waals surface area contributed by atoms with Crippen molar-refractivity contribution in [3.8, 4) is 0 Å². The summed E-state index contributed by atoms with van der Waals surface area (Å²) >= 11 is 0. The van der Waals surface area contributed by atoms with Crippen LogP contribution in [0.2, 0.25) is 0 Å². The van der Waals surface area contributed by atoms with Crippen LogP contribution in [-0.4, -0.2) is 29.0 Å². The first-order chi connectivity index (χ1) is 12.7. The van der Waals surface area contributed by atoms with E-state index in [4.69, 9.17) is 0 Å². The second kappa shape index (κ2) is 7.07. The molecule has 1 aliphatic rings. The van der Waals surface area contributed by atoms with Crippen LogP contribution in [0.5, 0.6) is 0 Å². The molecular formula is C20H19FN4O. The Morgan fingerprint density at radius 1 is 1.12 bits per heavy atom. The third kappa shape index (κ3) is 3.35. The van der Waals surface area contributed by atoms with Gasteiger partial charge in [0.15, 0.2) is 0 Å². The fraction of sp³-hybridized carbons (Fsp3) is 0.250. The standard InChI is InChI=1S/C20H19FN4O/c21-15-5-8-18-17(12-15)20(24-13-23-18)22-10-9-14-3-6-16(7-4-14)25-11-1-2-19(25)26/h3-8,12-13H,1-2,9-11H2,(H,22,23,24). The Balaban J connectivity index is 1.41. The molecule has 1 saturated heterocycles. The largest absolute Gasteiger partial charge is 0.369 e. The number of nitrogens with zero attached hydrogens (tertiary/aromatic N) is 3. The van der Waals surface area contributed by atoms with Crippen LogP contribution in [0.3, 0.4) is 0 Å². The number of carbonyl (C=O) groups is 1. The number of halogens is 1. The molecule has 1 aromatic heterocycles. The van der Waals surface area contributed by atoms with Gasteiger partial charge in [-0.3, -0.25) is 4.79 Å². The van der Waals surface area contributed by atoms with Crippen molar-refractivity contribution in [3.63, 3.8) is 0 Å². The molecule has 0 spiro atoms. The Morgan fingerprint density at radius 2 is 1.96 bits per heavy atom. The minimum atomic E-state index is -0.303. The van der Waals surface area contributed by atoms with Crippen molar-refractivity contribution in [1.29, 1.82) is 0 Å². The van der Waals surface area contributed by atoms with Gasteiger partial charge in [-0.1, -0.05) is 12.1 Å². The summed E-state index contributed by atoms with van der Waals surface area (Å²) in [6, 6.07) is 12.6. The van der Waals surface area contributed by atoms with Crippen LogP contribution in [0.4, 0.5) is 15.9 Å². The van der Waals surface area contributed by atoms with Crippen molar-refractivity contribution in [2.45, 2.75) is 19.3 Å². The van der Waals surface area contributed by atoms with E-state index in [-0.39, 0.29) is 11.7 Å². The Kier molecular flexibility index (Phi) is 4.48. The molecule has 5 nitrogen and oxygen atoms in total. The zero-order valence-electron chi connectivity index (χ0n) is 14.3. The van der Waals surface area contributed by atoms with Crippen molar-refractivity contribution in [2.75, 3.05) is 23.3 Å². The van der Waals surface area contributed by atoms with Gasteiger partial charge in [-0.25, -0.2) is 14.4 Å². The third-order valence-electron chi connectivity index (χ3n) is 4.62. The summed E-state index contributed by atoms with van der Waals surface area (Å²) in [6.07, 6.45) is 3.84. The number of fused-ring (bicyclic) bond motifs is 1. The van der Waals surface area contributed by atoms with Gasteiger partial charge >= 0.3 is 0 Å². The van der Waals surface area contributed by atoms with Crippen LogP contribution >= 0.6 is 0 Å². The maximum Gasteiger partial charge on any atom is 0.227 e. The molecule has 0 radical (unpaired) electrons. The van der Waals surface area contributed by atoms with E-state index < -0.39 is 0 Å². The van der Waals surface area contributed by atoms with Crippen LogP contribution < -0.4 is 10.2 Å². The third-order valence-corrected chi connectivity index (χ3v) is 4.62. The van der Waals surface area contributed by atoms with Gasteiger partial charge in [-0.15, -0.1) is 0 Å². The van der Waals surface area contributed by atoms with Gasteiger partial charge in [0.2, 0.25) is 5.91 Å². The van der Waals surface area contributed by atoms with Crippen LogP contribution in [0, 0.1) is 5.82 Å². The topological polar surface area (TPSA) is 58.1 Å². The molecule has 1 fully saturated rings. The molecule has 1 amide bonds. The zero-order valence-corrected chi connectivity index (χ0v) is 14.3. The number of benzene rings is 2.